The van der Waals surface area contributed by atoms with Gasteiger partial charge in [0.1, 0.15) is 0 Å². The van der Waals surface area contributed by atoms with Crippen molar-refractivity contribution in [3.63, 3.8) is 0 Å². The van der Waals surface area contributed by atoms with Gasteiger partial charge in [0.05, 0.1) is 6.54 Å². The molecule has 0 unspecified atom stereocenters. The van der Waals surface area contributed by atoms with E-state index in [4.69, 9.17) is 0 Å². The van der Waals surface area contributed by atoms with Crippen molar-refractivity contribution in [2.24, 2.45) is 0 Å². The van der Waals surface area contributed by atoms with E-state index in [0.29, 0.717) is 0 Å². The van der Waals surface area contributed by atoms with E-state index in [-0.39, 0.29) is 0 Å². The molecule has 0 aromatic heterocycles. The SMILES string of the molecule is CCC#CCN(Cc1ccccc1)Cc1ccccc1. The fraction of sp³-hybridized carbons (Fsp3) is 0.263. The van der Waals surface area contributed by atoms with Crippen LogP contribution in [0.15, 0.2) is 60.7 Å². The Morgan fingerprint density at radius 3 is 1.70 bits per heavy atom. The van der Waals surface area contributed by atoms with E-state index in [0.717, 1.165) is 26.1 Å². The van der Waals surface area contributed by atoms with Crippen LogP contribution in [0.2, 0.25) is 0 Å². The van der Waals surface area contributed by atoms with Crippen molar-refractivity contribution in [2.75, 3.05) is 6.54 Å². The number of hydrogen-bond acceptors (Lipinski definition) is 1. The van der Waals surface area contributed by atoms with Gasteiger partial charge in [0.25, 0.3) is 0 Å². The average Bonchev–Trinajstić information content (AvgIpc) is 2.49. The Balaban J connectivity index is 2.04. The first-order valence-electron chi connectivity index (χ1n) is 7.14. The molecule has 2 aromatic rings. The first-order valence-corrected chi connectivity index (χ1v) is 7.14. The Morgan fingerprint density at radius 1 is 0.750 bits per heavy atom. The van der Waals surface area contributed by atoms with Crippen LogP contribution in [0, 0.1) is 11.8 Å². The third-order valence-corrected chi connectivity index (χ3v) is 3.10. The minimum atomic E-state index is 0.817. The quantitative estimate of drug-likeness (QED) is 0.734. The molecule has 0 fully saturated rings. The summed E-state index contributed by atoms with van der Waals surface area (Å²) in [7, 11) is 0. The molecule has 0 saturated carbocycles. The van der Waals surface area contributed by atoms with Crippen LogP contribution in [0.3, 0.4) is 0 Å². The van der Waals surface area contributed by atoms with E-state index in [1.165, 1.54) is 11.1 Å². The number of rotatable bonds is 5. The van der Waals surface area contributed by atoms with Gasteiger partial charge < -0.3 is 0 Å². The normalized spacial score (nSPS) is 10.1. The highest BCUT2D eigenvalue weighted by atomic mass is 15.1. The lowest BCUT2D eigenvalue weighted by molar-refractivity contribution is 0.290. The fourth-order valence-electron chi connectivity index (χ4n) is 2.14. The summed E-state index contributed by atoms with van der Waals surface area (Å²) < 4.78 is 0. The summed E-state index contributed by atoms with van der Waals surface area (Å²) in [5.74, 6) is 6.41. The van der Waals surface area contributed by atoms with Crippen molar-refractivity contribution in [1.29, 1.82) is 0 Å². The highest BCUT2D eigenvalue weighted by molar-refractivity contribution is 5.17. The minimum Gasteiger partial charge on any atom is -0.284 e. The van der Waals surface area contributed by atoms with E-state index < -0.39 is 0 Å². The van der Waals surface area contributed by atoms with Gasteiger partial charge >= 0.3 is 0 Å². The van der Waals surface area contributed by atoms with Gasteiger partial charge in [-0.3, -0.25) is 4.90 Å². The summed E-state index contributed by atoms with van der Waals surface area (Å²) in [5, 5.41) is 0. The van der Waals surface area contributed by atoms with Crippen molar-refractivity contribution >= 4 is 0 Å². The van der Waals surface area contributed by atoms with Crippen molar-refractivity contribution < 1.29 is 0 Å². The van der Waals surface area contributed by atoms with Crippen molar-refractivity contribution in [3.05, 3.63) is 71.8 Å². The van der Waals surface area contributed by atoms with Gasteiger partial charge in [0, 0.05) is 19.5 Å². The molecule has 1 nitrogen and oxygen atoms in total. The van der Waals surface area contributed by atoms with Gasteiger partial charge in [-0.2, -0.15) is 0 Å². The average molecular weight is 263 g/mol. The monoisotopic (exact) mass is 263 g/mol. The fourth-order valence-corrected chi connectivity index (χ4v) is 2.14. The summed E-state index contributed by atoms with van der Waals surface area (Å²) in [6, 6.07) is 21.2. The maximum Gasteiger partial charge on any atom is 0.0607 e. The molecule has 0 bridgehead atoms. The van der Waals surface area contributed by atoms with Crippen molar-refractivity contribution in [1.82, 2.24) is 4.90 Å². The van der Waals surface area contributed by atoms with Crippen LogP contribution < -0.4 is 0 Å². The zero-order valence-electron chi connectivity index (χ0n) is 12.0. The zero-order valence-corrected chi connectivity index (χ0v) is 12.0. The summed E-state index contributed by atoms with van der Waals surface area (Å²) in [6.07, 6.45) is 0.921. The van der Waals surface area contributed by atoms with Crippen LogP contribution >= 0.6 is 0 Å². The molecular formula is C19H21N. The molecule has 0 radical (unpaired) electrons. The summed E-state index contributed by atoms with van der Waals surface area (Å²) in [6.45, 7) is 4.78. The molecular weight excluding hydrogens is 242 g/mol. The van der Waals surface area contributed by atoms with Gasteiger partial charge in [-0.15, -0.1) is 5.92 Å². The molecule has 0 heterocycles. The second kappa shape index (κ2) is 8.19. The number of hydrogen-bond donors (Lipinski definition) is 0. The molecule has 2 rings (SSSR count). The van der Waals surface area contributed by atoms with Gasteiger partial charge in [-0.25, -0.2) is 0 Å². The number of benzene rings is 2. The van der Waals surface area contributed by atoms with Crippen LogP contribution in [0.5, 0.6) is 0 Å². The van der Waals surface area contributed by atoms with Gasteiger partial charge in [0.2, 0.25) is 0 Å². The molecule has 0 amide bonds. The second-order valence-electron chi connectivity index (χ2n) is 4.82. The van der Waals surface area contributed by atoms with Crippen molar-refractivity contribution in [3.8, 4) is 11.8 Å². The maximum absolute atomic E-state index is 3.25. The second-order valence-corrected chi connectivity index (χ2v) is 4.82. The van der Waals surface area contributed by atoms with E-state index in [9.17, 15) is 0 Å². The zero-order chi connectivity index (χ0) is 14.0. The van der Waals surface area contributed by atoms with Crippen LogP contribution in [-0.2, 0) is 13.1 Å². The Morgan fingerprint density at radius 2 is 1.25 bits per heavy atom. The summed E-state index contributed by atoms with van der Waals surface area (Å²) in [5.41, 5.74) is 2.67. The van der Waals surface area contributed by atoms with E-state index >= 15 is 0 Å². The topological polar surface area (TPSA) is 3.24 Å². The Labute approximate surface area is 122 Å². The molecule has 0 atom stereocenters. The highest BCUT2D eigenvalue weighted by Gasteiger charge is 2.05. The lowest BCUT2D eigenvalue weighted by Gasteiger charge is -2.20. The molecule has 0 spiro atoms. The van der Waals surface area contributed by atoms with Crippen LogP contribution in [0.1, 0.15) is 24.5 Å². The van der Waals surface area contributed by atoms with Crippen LogP contribution in [0.25, 0.3) is 0 Å². The van der Waals surface area contributed by atoms with Crippen LogP contribution in [0.4, 0.5) is 0 Å². The standard InChI is InChI=1S/C19H21N/c1-2-3-10-15-20(16-18-11-6-4-7-12-18)17-19-13-8-5-9-14-19/h4-9,11-14H,2,15-17H2,1H3. The predicted octanol–water partition coefficient (Wildman–Crippen LogP) is 4.10. The summed E-state index contributed by atoms with van der Waals surface area (Å²) >= 11 is 0. The number of nitrogens with zero attached hydrogens (tertiary/aromatic N) is 1. The first-order chi connectivity index (χ1) is 9.88. The Kier molecular flexibility index (Phi) is 5.89. The lowest BCUT2D eigenvalue weighted by atomic mass is 10.1. The Bertz CT molecular complexity index is 507. The van der Waals surface area contributed by atoms with Gasteiger partial charge in [-0.05, 0) is 11.1 Å². The molecule has 0 aliphatic heterocycles. The first kappa shape index (κ1) is 14.4. The predicted molar refractivity (Wildman–Crippen MR) is 85.1 cm³/mol. The molecule has 20 heavy (non-hydrogen) atoms. The van der Waals surface area contributed by atoms with E-state index in [1.54, 1.807) is 0 Å². The molecule has 102 valence electrons. The maximum atomic E-state index is 3.25. The molecule has 0 aliphatic carbocycles. The van der Waals surface area contributed by atoms with Gasteiger partial charge in [0.15, 0.2) is 0 Å². The van der Waals surface area contributed by atoms with Crippen LogP contribution in [-0.4, -0.2) is 11.4 Å². The smallest absolute Gasteiger partial charge is 0.0607 e. The molecule has 0 N–H and O–H groups in total. The highest BCUT2D eigenvalue weighted by Crippen LogP contribution is 2.09. The molecule has 1 heteroatoms. The molecule has 2 aromatic carbocycles. The molecule has 0 aliphatic rings. The largest absolute Gasteiger partial charge is 0.284 e. The Hall–Kier alpha value is -2.04. The van der Waals surface area contributed by atoms with E-state index in [2.05, 4.69) is 84.3 Å². The van der Waals surface area contributed by atoms with Gasteiger partial charge in [-0.1, -0.05) is 73.5 Å². The van der Waals surface area contributed by atoms with Crippen molar-refractivity contribution in [2.45, 2.75) is 26.4 Å². The third-order valence-electron chi connectivity index (χ3n) is 3.10. The molecule has 0 saturated heterocycles. The summed E-state index contributed by atoms with van der Waals surface area (Å²) in [4.78, 5) is 2.38. The third kappa shape index (κ3) is 4.91. The van der Waals surface area contributed by atoms with E-state index in [1.807, 2.05) is 0 Å². The lowest BCUT2D eigenvalue weighted by Crippen LogP contribution is -2.23. The minimum absolute atomic E-state index is 0.817.